The summed E-state index contributed by atoms with van der Waals surface area (Å²) in [5.41, 5.74) is 1.09. The maximum absolute atomic E-state index is 12.1. The first-order chi connectivity index (χ1) is 9.49. The molecule has 0 spiro atoms. The zero-order chi connectivity index (χ0) is 14.7. The lowest BCUT2D eigenvalue weighted by Crippen LogP contribution is -2.24. The van der Waals surface area contributed by atoms with E-state index in [1.54, 1.807) is 48.6 Å². The first kappa shape index (κ1) is 14.5. The third kappa shape index (κ3) is 3.14. The van der Waals surface area contributed by atoms with Crippen LogP contribution in [0, 0.1) is 13.8 Å². The first-order valence-electron chi connectivity index (χ1n) is 6.36. The molecule has 1 unspecified atom stereocenters. The van der Waals surface area contributed by atoms with E-state index in [0.29, 0.717) is 11.1 Å². The molecule has 2 rings (SSSR count). The minimum absolute atomic E-state index is 0.191. The van der Waals surface area contributed by atoms with Crippen LogP contribution in [0.2, 0.25) is 0 Å². The number of rotatable bonds is 4. The van der Waals surface area contributed by atoms with E-state index in [4.69, 9.17) is 4.74 Å². The molecular formula is C16H16O3S. The van der Waals surface area contributed by atoms with Crippen LogP contribution < -0.4 is 0 Å². The van der Waals surface area contributed by atoms with Gasteiger partial charge in [0.1, 0.15) is 0 Å². The number of Topliss-reactive ketones (excluding diaryl/α,β-unsaturated/α-hetero) is 1. The van der Waals surface area contributed by atoms with Crippen molar-refractivity contribution in [2.45, 2.75) is 26.9 Å². The molecule has 0 saturated heterocycles. The summed E-state index contributed by atoms with van der Waals surface area (Å²) in [7, 11) is 0. The van der Waals surface area contributed by atoms with Gasteiger partial charge in [0.15, 0.2) is 6.10 Å². The maximum Gasteiger partial charge on any atom is 0.339 e. The van der Waals surface area contributed by atoms with Crippen LogP contribution in [0.3, 0.4) is 0 Å². The fourth-order valence-electron chi connectivity index (χ4n) is 1.95. The Morgan fingerprint density at radius 2 is 1.80 bits per heavy atom. The summed E-state index contributed by atoms with van der Waals surface area (Å²) in [5.74, 6) is -0.632. The normalized spacial score (nSPS) is 11.9. The van der Waals surface area contributed by atoms with Crippen molar-refractivity contribution in [3.8, 4) is 0 Å². The van der Waals surface area contributed by atoms with Gasteiger partial charge >= 0.3 is 5.97 Å². The lowest BCUT2D eigenvalue weighted by atomic mass is 10.1. The van der Waals surface area contributed by atoms with Crippen molar-refractivity contribution in [1.29, 1.82) is 0 Å². The fraction of sp³-hybridized carbons (Fsp3) is 0.250. The van der Waals surface area contributed by atoms with Crippen LogP contribution in [-0.4, -0.2) is 17.9 Å². The van der Waals surface area contributed by atoms with E-state index in [1.807, 2.05) is 19.9 Å². The molecule has 1 atom stereocenters. The summed E-state index contributed by atoms with van der Waals surface area (Å²) >= 11 is 1.54. The molecular weight excluding hydrogens is 272 g/mol. The van der Waals surface area contributed by atoms with Gasteiger partial charge in [-0.2, -0.15) is 0 Å². The van der Waals surface area contributed by atoms with Crippen LogP contribution in [0.15, 0.2) is 36.4 Å². The minimum Gasteiger partial charge on any atom is -0.451 e. The van der Waals surface area contributed by atoms with Crippen LogP contribution in [0.4, 0.5) is 0 Å². The van der Waals surface area contributed by atoms with Crippen molar-refractivity contribution < 1.29 is 14.3 Å². The van der Waals surface area contributed by atoms with Crippen LogP contribution in [0.25, 0.3) is 0 Å². The Bertz CT molecular complexity index is 628. The molecule has 0 fully saturated rings. The van der Waals surface area contributed by atoms with Gasteiger partial charge in [0.05, 0.1) is 5.56 Å². The highest BCUT2D eigenvalue weighted by Crippen LogP contribution is 2.22. The van der Waals surface area contributed by atoms with E-state index in [2.05, 4.69) is 0 Å². The number of carbonyl (C=O) groups is 2. The van der Waals surface area contributed by atoms with Crippen molar-refractivity contribution in [3.63, 3.8) is 0 Å². The molecule has 0 bridgehead atoms. The van der Waals surface area contributed by atoms with Crippen LogP contribution >= 0.6 is 11.3 Å². The molecule has 3 nitrogen and oxygen atoms in total. The quantitative estimate of drug-likeness (QED) is 0.635. The standard InChI is InChI=1S/C16H16O3S/c1-10-9-14(12(3)20-10)16(18)19-11(2)15(17)13-7-5-4-6-8-13/h4-9,11H,1-3H3. The number of carbonyl (C=O) groups excluding carboxylic acids is 2. The summed E-state index contributed by atoms with van der Waals surface area (Å²) < 4.78 is 5.26. The lowest BCUT2D eigenvalue weighted by Gasteiger charge is -2.12. The predicted molar refractivity (Wildman–Crippen MR) is 79.4 cm³/mol. The molecule has 104 valence electrons. The SMILES string of the molecule is Cc1cc(C(=O)OC(C)C(=O)c2ccccc2)c(C)s1. The molecule has 2 aromatic rings. The van der Waals surface area contributed by atoms with E-state index in [-0.39, 0.29) is 5.78 Å². The monoisotopic (exact) mass is 288 g/mol. The molecule has 1 aromatic heterocycles. The lowest BCUT2D eigenvalue weighted by molar-refractivity contribution is 0.0318. The molecule has 0 radical (unpaired) electrons. The Balaban J connectivity index is 2.08. The largest absolute Gasteiger partial charge is 0.451 e. The van der Waals surface area contributed by atoms with Gasteiger partial charge in [0.2, 0.25) is 5.78 Å². The molecule has 1 aromatic carbocycles. The molecule has 0 saturated carbocycles. The molecule has 0 N–H and O–H groups in total. The van der Waals surface area contributed by atoms with Gasteiger partial charge in [-0.3, -0.25) is 4.79 Å². The van der Waals surface area contributed by atoms with Crippen molar-refractivity contribution in [2.75, 3.05) is 0 Å². The number of hydrogen-bond acceptors (Lipinski definition) is 4. The molecule has 20 heavy (non-hydrogen) atoms. The summed E-state index contributed by atoms with van der Waals surface area (Å²) in [6.45, 7) is 5.41. The smallest absolute Gasteiger partial charge is 0.339 e. The zero-order valence-corrected chi connectivity index (χ0v) is 12.5. The molecule has 4 heteroatoms. The number of aryl methyl sites for hydroxylation is 2. The van der Waals surface area contributed by atoms with Gasteiger partial charge in [-0.15, -0.1) is 11.3 Å². The van der Waals surface area contributed by atoms with Gasteiger partial charge < -0.3 is 4.74 Å². The average molecular weight is 288 g/mol. The Labute approximate surface area is 122 Å². The average Bonchev–Trinajstić information content (AvgIpc) is 2.78. The number of ether oxygens (including phenoxy) is 1. The number of benzene rings is 1. The van der Waals surface area contributed by atoms with Crippen molar-refractivity contribution in [3.05, 3.63) is 57.3 Å². The molecule has 0 aliphatic carbocycles. The van der Waals surface area contributed by atoms with Crippen LogP contribution in [0.1, 0.15) is 37.4 Å². The zero-order valence-electron chi connectivity index (χ0n) is 11.7. The predicted octanol–water partition coefficient (Wildman–Crippen LogP) is 3.79. The summed E-state index contributed by atoms with van der Waals surface area (Å²) in [6, 6.07) is 10.6. The Kier molecular flexibility index (Phi) is 4.35. The maximum atomic E-state index is 12.1. The summed E-state index contributed by atoms with van der Waals surface area (Å²) in [6.07, 6.45) is -0.787. The first-order valence-corrected chi connectivity index (χ1v) is 7.18. The molecule has 1 heterocycles. The van der Waals surface area contributed by atoms with E-state index >= 15 is 0 Å². The van der Waals surface area contributed by atoms with E-state index in [0.717, 1.165) is 9.75 Å². The topological polar surface area (TPSA) is 43.4 Å². The highest BCUT2D eigenvalue weighted by Gasteiger charge is 2.21. The molecule has 0 amide bonds. The van der Waals surface area contributed by atoms with Gasteiger partial charge in [-0.1, -0.05) is 30.3 Å². The van der Waals surface area contributed by atoms with Gasteiger partial charge in [0, 0.05) is 15.3 Å². The van der Waals surface area contributed by atoms with Crippen molar-refractivity contribution in [2.24, 2.45) is 0 Å². The number of hydrogen-bond donors (Lipinski definition) is 0. The molecule has 0 aliphatic heterocycles. The van der Waals surface area contributed by atoms with Crippen LogP contribution in [0.5, 0.6) is 0 Å². The second-order valence-corrected chi connectivity index (χ2v) is 6.07. The van der Waals surface area contributed by atoms with Crippen LogP contribution in [-0.2, 0) is 4.74 Å². The second kappa shape index (κ2) is 6.01. The number of ketones is 1. The van der Waals surface area contributed by atoms with Gasteiger partial charge in [-0.05, 0) is 26.8 Å². The number of esters is 1. The third-order valence-electron chi connectivity index (χ3n) is 2.97. The molecule has 0 aliphatic rings. The van der Waals surface area contributed by atoms with E-state index in [9.17, 15) is 9.59 Å². The minimum atomic E-state index is -0.787. The van der Waals surface area contributed by atoms with Crippen molar-refractivity contribution in [1.82, 2.24) is 0 Å². The third-order valence-corrected chi connectivity index (χ3v) is 3.94. The van der Waals surface area contributed by atoms with Gasteiger partial charge in [-0.25, -0.2) is 4.79 Å². The highest BCUT2D eigenvalue weighted by atomic mass is 32.1. The van der Waals surface area contributed by atoms with E-state index < -0.39 is 12.1 Å². The Morgan fingerprint density at radius 3 is 2.35 bits per heavy atom. The highest BCUT2D eigenvalue weighted by molar-refractivity contribution is 7.12. The van der Waals surface area contributed by atoms with E-state index in [1.165, 1.54) is 0 Å². The summed E-state index contributed by atoms with van der Waals surface area (Å²) in [4.78, 5) is 26.1. The Hall–Kier alpha value is -1.94. The fourth-order valence-corrected chi connectivity index (χ4v) is 2.86. The number of thiophene rings is 1. The van der Waals surface area contributed by atoms with Crippen molar-refractivity contribution >= 4 is 23.1 Å². The van der Waals surface area contributed by atoms with Gasteiger partial charge in [0.25, 0.3) is 0 Å². The Morgan fingerprint density at radius 1 is 1.15 bits per heavy atom. The second-order valence-electron chi connectivity index (χ2n) is 4.60. The summed E-state index contributed by atoms with van der Waals surface area (Å²) in [5, 5.41) is 0.